The Morgan fingerprint density at radius 3 is 2.64 bits per heavy atom. The van der Waals surface area contributed by atoms with Crippen molar-refractivity contribution in [3.63, 3.8) is 0 Å². The van der Waals surface area contributed by atoms with E-state index in [9.17, 15) is 4.79 Å². The normalized spacial score (nSPS) is 16.8. The molecular weight excluding hydrogens is 344 g/mol. The largest absolute Gasteiger partial charge is 0.299 e. The minimum absolute atomic E-state index is 0.251. The highest BCUT2D eigenvalue weighted by Gasteiger charge is 2.18. The van der Waals surface area contributed by atoms with Crippen LogP contribution in [0.2, 0.25) is 0 Å². The summed E-state index contributed by atoms with van der Waals surface area (Å²) in [4.78, 5) is 14.8. The molecule has 0 radical (unpaired) electrons. The van der Waals surface area contributed by atoms with E-state index < -0.39 is 0 Å². The van der Waals surface area contributed by atoms with Crippen LogP contribution >= 0.6 is 0 Å². The Kier molecular flexibility index (Phi) is 5.50. The highest BCUT2D eigenvalue weighted by molar-refractivity contribution is 6.03. The summed E-state index contributed by atoms with van der Waals surface area (Å²) < 4.78 is 0. The first-order valence-corrected chi connectivity index (χ1v) is 9.96. The van der Waals surface area contributed by atoms with Gasteiger partial charge in [-0.25, -0.2) is 0 Å². The molecule has 1 aliphatic heterocycles. The predicted molar refractivity (Wildman–Crippen MR) is 113 cm³/mol. The topological polar surface area (TPSA) is 44.1 Å². The number of rotatable bonds is 5. The Bertz CT molecular complexity index is 976. The van der Waals surface area contributed by atoms with Gasteiger partial charge in [-0.3, -0.25) is 9.69 Å². The fourth-order valence-electron chi connectivity index (χ4n) is 4.07. The molecule has 0 bridgehead atoms. The maximum absolute atomic E-state index is 12.3. The molecule has 3 heteroatoms. The average Bonchev–Trinajstić information content (AvgIpc) is 2.74. The van der Waals surface area contributed by atoms with Gasteiger partial charge in [0.15, 0.2) is 5.78 Å². The monoisotopic (exact) mass is 368 g/mol. The summed E-state index contributed by atoms with van der Waals surface area (Å²) in [5, 5.41) is 8.92. The van der Waals surface area contributed by atoms with Gasteiger partial charge in [0.25, 0.3) is 0 Å². The van der Waals surface area contributed by atoms with Gasteiger partial charge >= 0.3 is 0 Å². The van der Waals surface area contributed by atoms with E-state index in [-0.39, 0.29) is 5.78 Å². The second-order valence-electron chi connectivity index (χ2n) is 7.56. The smallest absolute Gasteiger partial charge is 0.167 e. The van der Waals surface area contributed by atoms with Crippen molar-refractivity contribution < 1.29 is 4.79 Å². The molecule has 1 aliphatic carbocycles. The van der Waals surface area contributed by atoms with Crippen molar-refractivity contribution in [2.24, 2.45) is 0 Å². The number of nitriles is 1. The van der Waals surface area contributed by atoms with E-state index in [1.54, 1.807) is 0 Å². The summed E-state index contributed by atoms with van der Waals surface area (Å²) in [5.41, 5.74) is 6.50. The van der Waals surface area contributed by atoms with Crippen molar-refractivity contribution in [2.45, 2.75) is 25.7 Å². The number of nitrogens with zero attached hydrogens (tertiary/aromatic N) is 2. The Balaban J connectivity index is 1.29. The quantitative estimate of drug-likeness (QED) is 0.738. The molecule has 1 heterocycles. The molecule has 28 heavy (non-hydrogen) atoms. The average molecular weight is 368 g/mol. The Labute approximate surface area is 166 Å². The van der Waals surface area contributed by atoms with E-state index in [4.69, 9.17) is 5.26 Å². The summed E-state index contributed by atoms with van der Waals surface area (Å²) in [7, 11) is 0. The lowest BCUT2D eigenvalue weighted by Crippen LogP contribution is -2.29. The minimum Gasteiger partial charge on any atom is -0.299 e. The number of ketones is 1. The molecule has 0 saturated heterocycles. The molecule has 0 saturated carbocycles. The van der Waals surface area contributed by atoms with Crippen molar-refractivity contribution in [1.82, 2.24) is 4.90 Å². The molecular formula is C25H24N2O. The third-order valence-corrected chi connectivity index (χ3v) is 5.66. The van der Waals surface area contributed by atoms with Gasteiger partial charge < -0.3 is 0 Å². The Morgan fingerprint density at radius 2 is 1.89 bits per heavy atom. The van der Waals surface area contributed by atoms with E-state index in [2.05, 4.69) is 23.1 Å². The second kappa shape index (κ2) is 8.37. The Hall–Kier alpha value is -2.96. The second-order valence-corrected chi connectivity index (χ2v) is 7.56. The zero-order chi connectivity index (χ0) is 19.3. The van der Waals surface area contributed by atoms with Crippen molar-refractivity contribution in [2.75, 3.05) is 19.6 Å². The van der Waals surface area contributed by atoms with Crippen LogP contribution in [-0.2, 0) is 0 Å². The van der Waals surface area contributed by atoms with Gasteiger partial charge in [0.1, 0.15) is 0 Å². The maximum atomic E-state index is 12.3. The summed E-state index contributed by atoms with van der Waals surface area (Å²) in [6.07, 6.45) is 8.20. The number of carbonyl (C=O) groups is 1. The number of allylic oxidation sites excluding steroid dienone is 1. The van der Waals surface area contributed by atoms with Crippen LogP contribution in [0.1, 0.15) is 52.7 Å². The van der Waals surface area contributed by atoms with E-state index in [1.165, 1.54) is 16.7 Å². The molecule has 0 unspecified atom stereocenters. The van der Waals surface area contributed by atoms with E-state index in [0.29, 0.717) is 12.0 Å². The fraction of sp³-hybridized carbons (Fsp3) is 0.280. The van der Waals surface area contributed by atoms with Crippen molar-refractivity contribution in [3.05, 3.63) is 82.4 Å². The van der Waals surface area contributed by atoms with Crippen LogP contribution in [-0.4, -0.2) is 30.3 Å². The van der Waals surface area contributed by atoms with Crippen molar-refractivity contribution >= 4 is 17.4 Å². The molecule has 0 spiro atoms. The minimum atomic E-state index is 0.251. The van der Waals surface area contributed by atoms with Crippen LogP contribution in [0.3, 0.4) is 0 Å². The first-order chi connectivity index (χ1) is 13.7. The van der Waals surface area contributed by atoms with Gasteiger partial charge in [-0.15, -0.1) is 0 Å². The molecule has 0 N–H and O–H groups in total. The van der Waals surface area contributed by atoms with E-state index in [1.807, 2.05) is 48.5 Å². The molecule has 140 valence electrons. The van der Waals surface area contributed by atoms with Gasteiger partial charge in [0, 0.05) is 25.1 Å². The van der Waals surface area contributed by atoms with Gasteiger partial charge in [-0.2, -0.15) is 5.26 Å². The lowest BCUT2D eigenvalue weighted by atomic mass is 9.89. The molecule has 3 nitrogen and oxygen atoms in total. The van der Waals surface area contributed by atoms with Gasteiger partial charge in [0.05, 0.1) is 11.6 Å². The predicted octanol–water partition coefficient (Wildman–Crippen LogP) is 5.10. The first-order valence-electron chi connectivity index (χ1n) is 9.96. The van der Waals surface area contributed by atoms with E-state index in [0.717, 1.165) is 50.0 Å². The zero-order valence-corrected chi connectivity index (χ0v) is 16.0. The van der Waals surface area contributed by atoms with Gasteiger partial charge in [-0.05, 0) is 54.6 Å². The van der Waals surface area contributed by atoms with Crippen LogP contribution in [0.25, 0.3) is 11.6 Å². The standard InChI is InChI=1S/C25H24N2O/c26-18-19-7-9-21(10-8-19)22-11-14-27(15-12-22)13-3-4-20-16-23-5-1-2-6-24(23)25(28)17-20/h1-2,5-11,16H,3-4,12-15,17H2. The number of fused-ring (bicyclic) bond motifs is 1. The number of benzene rings is 2. The highest BCUT2D eigenvalue weighted by atomic mass is 16.1. The lowest BCUT2D eigenvalue weighted by molar-refractivity contribution is 0.0990. The summed E-state index contributed by atoms with van der Waals surface area (Å²) in [6.45, 7) is 3.09. The molecule has 2 aromatic rings. The van der Waals surface area contributed by atoms with Crippen molar-refractivity contribution in [3.8, 4) is 6.07 Å². The van der Waals surface area contributed by atoms with Crippen molar-refractivity contribution in [1.29, 1.82) is 5.26 Å². The molecule has 4 rings (SSSR count). The molecule has 0 aromatic heterocycles. The number of Topliss-reactive ketones (excluding diaryl/α,β-unsaturated/α-hetero) is 1. The summed E-state index contributed by atoms with van der Waals surface area (Å²) in [5.74, 6) is 0.251. The fourth-order valence-corrected chi connectivity index (χ4v) is 4.07. The molecule has 2 aliphatic rings. The first kappa shape index (κ1) is 18.4. The van der Waals surface area contributed by atoms with Crippen LogP contribution in [0.15, 0.2) is 60.2 Å². The number of carbonyl (C=O) groups excluding carboxylic acids is 1. The van der Waals surface area contributed by atoms with Crippen LogP contribution in [0.4, 0.5) is 0 Å². The van der Waals surface area contributed by atoms with Crippen LogP contribution in [0, 0.1) is 11.3 Å². The van der Waals surface area contributed by atoms with Gasteiger partial charge in [-0.1, -0.05) is 54.1 Å². The Morgan fingerprint density at radius 1 is 1.07 bits per heavy atom. The maximum Gasteiger partial charge on any atom is 0.167 e. The third kappa shape index (κ3) is 4.13. The third-order valence-electron chi connectivity index (χ3n) is 5.66. The highest BCUT2D eigenvalue weighted by Crippen LogP contribution is 2.27. The number of hydrogen-bond acceptors (Lipinski definition) is 3. The van der Waals surface area contributed by atoms with Crippen LogP contribution in [0.5, 0.6) is 0 Å². The van der Waals surface area contributed by atoms with E-state index >= 15 is 0 Å². The lowest BCUT2D eigenvalue weighted by Gasteiger charge is -2.26. The summed E-state index contributed by atoms with van der Waals surface area (Å²) >= 11 is 0. The molecule has 0 amide bonds. The molecule has 0 fully saturated rings. The van der Waals surface area contributed by atoms with Gasteiger partial charge in [0.2, 0.25) is 0 Å². The summed E-state index contributed by atoms with van der Waals surface area (Å²) in [6, 6.07) is 17.9. The zero-order valence-electron chi connectivity index (χ0n) is 16.0. The number of hydrogen-bond donors (Lipinski definition) is 0. The molecule has 2 aromatic carbocycles. The molecule has 0 atom stereocenters. The van der Waals surface area contributed by atoms with Crippen LogP contribution < -0.4 is 0 Å². The SMILES string of the molecule is N#Cc1ccc(C2=CCN(CCCC3=Cc4ccccc4C(=O)C3)CC2)cc1.